The van der Waals surface area contributed by atoms with E-state index in [1.54, 1.807) is 13.8 Å². The van der Waals surface area contributed by atoms with Crippen LogP contribution in [-0.2, 0) is 0 Å². The molecule has 100 valence electrons. The second-order valence-corrected chi connectivity index (χ2v) is 5.68. The maximum absolute atomic E-state index is 14.1. The van der Waals surface area contributed by atoms with Crippen LogP contribution in [0.5, 0.6) is 0 Å². The van der Waals surface area contributed by atoms with Crippen LogP contribution in [-0.4, -0.2) is 16.6 Å². The second kappa shape index (κ2) is 5.89. The number of halogens is 3. The van der Waals surface area contributed by atoms with Crippen LogP contribution in [0, 0.1) is 0 Å². The average molecular weight is 292 g/mol. The Bertz CT molecular complexity index is 428. The summed E-state index contributed by atoms with van der Waals surface area (Å²) in [6.07, 6.45) is 1.36. The molecule has 0 saturated heterocycles. The number of amides is 1. The zero-order valence-corrected chi connectivity index (χ0v) is 12.1. The van der Waals surface area contributed by atoms with Crippen molar-refractivity contribution in [3.05, 3.63) is 33.8 Å². The lowest BCUT2D eigenvalue weighted by molar-refractivity contribution is -0.0427. The van der Waals surface area contributed by atoms with Crippen LogP contribution >= 0.6 is 23.2 Å². The molecule has 0 radical (unpaired) electrons. The molecule has 0 unspecified atom stereocenters. The fourth-order valence-corrected chi connectivity index (χ4v) is 2.30. The normalized spacial score (nSPS) is 11.4. The van der Waals surface area contributed by atoms with Gasteiger partial charge in [0.05, 0.1) is 5.54 Å². The molecule has 0 aromatic heterocycles. The van der Waals surface area contributed by atoms with Crippen LogP contribution in [0.1, 0.15) is 44.0 Å². The first-order valence-electron chi connectivity index (χ1n) is 5.74. The highest BCUT2D eigenvalue weighted by Gasteiger charge is 2.31. The maximum atomic E-state index is 14.1. The van der Waals surface area contributed by atoms with Gasteiger partial charge in [0.2, 0.25) is 0 Å². The van der Waals surface area contributed by atoms with Crippen molar-refractivity contribution in [1.82, 2.24) is 5.12 Å². The van der Waals surface area contributed by atoms with E-state index in [0.717, 1.165) is 6.42 Å². The summed E-state index contributed by atoms with van der Waals surface area (Å²) in [4.78, 5) is 12.0. The summed E-state index contributed by atoms with van der Waals surface area (Å²) in [6, 6.07) is 4.31. The highest BCUT2D eigenvalue weighted by Crippen LogP contribution is 2.26. The SMILES string of the molecule is CCCC(C)(C)N(F)C(=O)c1cc(Cl)cc(Cl)c1. The zero-order chi connectivity index (χ0) is 13.9. The molecule has 0 fully saturated rings. The minimum absolute atomic E-state index is 0.152. The van der Waals surface area contributed by atoms with Gasteiger partial charge in [-0.2, -0.15) is 5.12 Å². The summed E-state index contributed by atoms with van der Waals surface area (Å²) in [6.45, 7) is 5.30. The van der Waals surface area contributed by atoms with Crippen molar-refractivity contribution in [2.45, 2.75) is 39.2 Å². The van der Waals surface area contributed by atoms with Crippen LogP contribution in [0.25, 0.3) is 0 Å². The van der Waals surface area contributed by atoms with E-state index >= 15 is 0 Å². The Morgan fingerprint density at radius 2 is 1.78 bits per heavy atom. The fraction of sp³-hybridized carbons (Fsp3) is 0.462. The molecule has 1 amide bonds. The molecule has 0 N–H and O–H groups in total. The second-order valence-electron chi connectivity index (χ2n) is 4.81. The third-order valence-corrected chi connectivity index (χ3v) is 3.12. The summed E-state index contributed by atoms with van der Waals surface area (Å²) in [5.74, 6) is -0.724. The lowest BCUT2D eigenvalue weighted by Crippen LogP contribution is -2.42. The van der Waals surface area contributed by atoms with Gasteiger partial charge in [-0.05, 0) is 38.5 Å². The van der Waals surface area contributed by atoms with Crippen LogP contribution in [0.4, 0.5) is 4.48 Å². The molecule has 0 bridgehead atoms. The van der Waals surface area contributed by atoms with Gasteiger partial charge in [-0.3, -0.25) is 4.79 Å². The number of rotatable bonds is 4. The molecule has 18 heavy (non-hydrogen) atoms. The van der Waals surface area contributed by atoms with Gasteiger partial charge in [-0.15, -0.1) is 0 Å². The third kappa shape index (κ3) is 3.59. The van der Waals surface area contributed by atoms with Crippen LogP contribution in [0.15, 0.2) is 18.2 Å². The quantitative estimate of drug-likeness (QED) is 0.723. The van der Waals surface area contributed by atoms with Crippen LogP contribution < -0.4 is 0 Å². The van der Waals surface area contributed by atoms with Gasteiger partial charge in [0.25, 0.3) is 5.91 Å². The minimum Gasteiger partial charge on any atom is -0.266 e. The fourth-order valence-electron chi connectivity index (χ4n) is 1.78. The van der Waals surface area contributed by atoms with Gasteiger partial charge in [0.1, 0.15) is 0 Å². The predicted octanol–water partition coefficient (Wildman–Crippen LogP) is 4.90. The van der Waals surface area contributed by atoms with E-state index in [0.29, 0.717) is 16.5 Å². The Balaban J connectivity index is 2.99. The van der Waals surface area contributed by atoms with Crippen molar-refractivity contribution in [3.63, 3.8) is 0 Å². The number of hydrogen-bond donors (Lipinski definition) is 0. The molecular formula is C13H16Cl2FNO. The molecule has 0 aliphatic rings. The first-order valence-corrected chi connectivity index (χ1v) is 6.50. The van der Waals surface area contributed by atoms with Gasteiger partial charge in [0, 0.05) is 15.6 Å². The molecule has 0 aliphatic heterocycles. The topological polar surface area (TPSA) is 20.3 Å². The molecule has 5 heteroatoms. The van der Waals surface area contributed by atoms with Crippen LogP contribution in [0.2, 0.25) is 10.0 Å². The van der Waals surface area contributed by atoms with E-state index in [4.69, 9.17) is 23.2 Å². The van der Waals surface area contributed by atoms with Gasteiger partial charge >= 0.3 is 0 Å². The minimum atomic E-state index is -0.847. The lowest BCUT2D eigenvalue weighted by atomic mass is 9.98. The van der Waals surface area contributed by atoms with Gasteiger partial charge in [-0.25, -0.2) is 0 Å². The molecule has 1 aromatic rings. The highest BCUT2D eigenvalue weighted by atomic mass is 35.5. The van der Waals surface area contributed by atoms with Crippen molar-refractivity contribution >= 4 is 29.1 Å². The first-order chi connectivity index (χ1) is 8.27. The van der Waals surface area contributed by atoms with Gasteiger partial charge in [-0.1, -0.05) is 41.0 Å². The first kappa shape index (κ1) is 15.3. The van der Waals surface area contributed by atoms with E-state index in [1.165, 1.54) is 18.2 Å². The number of hydrogen-bond acceptors (Lipinski definition) is 1. The largest absolute Gasteiger partial charge is 0.282 e. The third-order valence-electron chi connectivity index (χ3n) is 2.68. The highest BCUT2D eigenvalue weighted by molar-refractivity contribution is 6.35. The van der Waals surface area contributed by atoms with Crippen molar-refractivity contribution < 1.29 is 9.28 Å². The number of carbonyl (C=O) groups is 1. The number of carbonyl (C=O) groups excluding carboxylic acids is 1. The van der Waals surface area contributed by atoms with Crippen LogP contribution in [0.3, 0.4) is 0 Å². The van der Waals surface area contributed by atoms with E-state index in [1.807, 2.05) is 6.92 Å². The Kier molecular flexibility index (Phi) is 5.00. The molecule has 0 aliphatic carbocycles. The summed E-state index contributed by atoms with van der Waals surface area (Å²) < 4.78 is 14.1. The van der Waals surface area contributed by atoms with Gasteiger partial charge in [0.15, 0.2) is 0 Å². The molecule has 2 nitrogen and oxygen atoms in total. The maximum Gasteiger partial charge on any atom is 0.282 e. The summed E-state index contributed by atoms with van der Waals surface area (Å²) in [7, 11) is 0. The Labute approximate surface area is 117 Å². The van der Waals surface area contributed by atoms with E-state index in [2.05, 4.69) is 0 Å². The molecule has 0 saturated carbocycles. The summed E-state index contributed by atoms with van der Waals surface area (Å²) in [5, 5.41) is 0.874. The van der Waals surface area contributed by atoms with Crippen molar-refractivity contribution in [1.29, 1.82) is 0 Å². The monoisotopic (exact) mass is 291 g/mol. The molecule has 1 rings (SSSR count). The smallest absolute Gasteiger partial charge is 0.266 e. The molecular weight excluding hydrogens is 276 g/mol. The number of benzene rings is 1. The van der Waals surface area contributed by atoms with Crippen molar-refractivity contribution in [3.8, 4) is 0 Å². The molecule has 1 aromatic carbocycles. The van der Waals surface area contributed by atoms with E-state index in [9.17, 15) is 9.28 Å². The standard InChI is InChI=1S/C13H16Cl2FNO/c1-4-5-13(2,3)17(16)12(18)9-6-10(14)8-11(15)7-9/h6-8H,4-5H2,1-3H3. The van der Waals surface area contributed by atoms with Crippen molar-refractivity contribution in [2.24, 2.45) is 0 Å². The summed E-state index contributed by atoms with van der Waals surface area (Å²) >= 11 is 11.6. The summed E-state index contributed by atoms with van der Waals surface area (Å²) in [5.41, 5.74) is -0.695. The lowest BCUT2D eigenvalue weighted by Gasteiger charge is -2.30. The zero-order valence-electron chi connectivity index (χ0n) is 10.6. The number of nitrogens with zero attached hydrogens (tertiary/aromatic N) is 1. The van der Waals surface area contributed by atoms with Gasteiger partial charge < -0.3 is 0 Å². The van der Waals surface area contributed by atoms with Crippen molar-refractivity contribution in [2.75, 3.05) is 0 Å². The molecule has 0 atom stereocenters. The molecule has 0 spiro atoms. The predicted molar refractivity (Wildman–Crippen MR) is 72.7 cm³/mol. The molecule has 0 heterocycles. The Hall–Kier alpha value is -0.800. The Morgan fingerprint density at radius 3 is 2.22 bits per heavy atom. The average Bonchev–Trinajstić information content (AvgIpc) is 2.25. The van der Waals surface area contributed by atoms with E-state index < -0.39 is 11.4 Å². The van der Waals surface area contributed by atoms with E-state index in [-0.39, 0.29) is 10.7 Å². The Morgan fingerprint density at radius 1 is 1.28 bits per heavy atom.